The first kappa shape index (κ1) is 20.3. The molecule has 3 N–H and O–H groups in total. The van der Waals surface area contributed by atoms with Gasteiger partial charge in [0.05, 0.1) is 6.61 Å². The van der Waals surface area contributed by atoms with Crippen LogP contribution >= 0.6 is 0 Å². The SMILES string of the molecule is NC(=O)c1[nH]c2ccc(F)cc2c1S(=O)(=O)N1CCOC(COc2ccccc2)C1. The number of aromatic amines is 1. The molecule has 1 unspecified atom stereocenters. The number of fused-ring (bicyclic) bond motifs is 1. The third kappa shape index (κ3) is 3.89. The number of H-pyrrole nitrogens is 1. The predicted molar refractivity (Wildman–Crippen MR) is 107 cm³/mol. The lowest BCUT2D eigenvalue weighted by Crippen LogP contribution is -2.47. The number of carbonyl (C=O) groups is 1. The Morgan fingerprint density at radius 2 is 2.03 bits per heavy atom. The number of hydrogen-bond acceptors (Lipinski definition) is 5. The Morgan fingerprint density at radius 1 is 1.27 bits per heavy atom. The van der Waals surface area contributed by atoms with E-state index in [1.54, 1.807) is 12.1 Å². The molecule has 8 nitrogen and oxygen atoms in total. The van der Waals surface area contributed by atoms with Gasteiger partial charge in [-0.05, 0) is 30.3 Å². The molecule has 0 spiro atoms. The summed E-state index contributed by atoms with van der Waals surface area (Å²) in [7, 11) is -4.15. The number of nitrogens with zero attached hydrogens (tertiary/aromatic N) is 1. The number of morpholine rings is 1. The summed E-state index contributed by atoms with van der Waals surface area (Å²) in [4.78, 5) is 14.3. The smallest absolute Gasteiger partial charge is 0.266 e. The molecule has 158 valence electrons. The van der Waals surface area contributed by atoms with Gasteiger partial charge in [-0.3, -0.25) is 4.79 Å². The van der Waals surface area contributed by atoms with Crippen molar-refractivity contribution in [2.24, 2.45) is 5.73 Å². The fraction of sp³-hybridized carbons (Fsp3) is 0.250. The number of benzene rings is 2. The molecule has 1 saturated heterocycles. The molecule has 1 aliphatic heterocycles. The van der Waals surface area contributed by atoms with Crippen molar-refractivity contribution < 1.29 is 27.1 Å². The van der Waals surface area contributed by atoms with Crippen LogP contribution in [0.1, 0.15) is 10.5 Å². The predicted octanol–water partition coefficient (Wildman–Crippen LogP) is 1.87. The summed E-state index contributed by atoms with van der Waals surface area (Å²) in [6, 6.07) is 12.7. The molecule has 1 aliphatic rings. The standard InChI is InChI=1S/C20H20FN3O5S/c21-13-6-7-17-16(10-13)19(18(23-17)20(22)25)30(26,27)24-8-9-28-15(11-24)12-29-14-4-2-1-3-5-14/h1-7,10,15,23H,8-9,11-12H2,(H2,22,25). The van der Waals surface area contributed by atoms with E-state index in [2.05, 4.69) is 4.98 Å². The van der Waals surface area contributed by atoms with Gasteiger partial charge in [0.15, 0.2) is 0 Å². The van der Waals surface area contributed by atoms with Gasteiger partial charge in [0.1, 0.15) is 34.9 Å². The monoisotopic (exact) mass is 433 g/mol. The minimum Gasteiger partial charge on any atom is -0.491 e. The summed E-state index contributed by atoms with van der Waals surface area (Å²) in [6.45, 7) is 0.422. The van der Waals surface area contributed by atoms with Crippen LogP contribution in [0.5, 0.6) is 5.75 Å². The Morgan fingerprint density at radius 3 is 2.77 bits per heavy atom. The van der Waals surface area contributed by atoms with Crippen molar-refractivity contribution in [3.05, 3.63) is 60.0 Å². The number of hydrogen-bond donors (Lipinski definition) is 2. The van der Waals surface area contributed by atoms with Gasteiger partial charge >= 0.3 is 0 Å². The molecular formula is C20H20FN3O5S. The largest absolute Gasteiger partial charge is 0.491 e. The summed E-state index contributed by atoms with van der Waals surface area (Å²) in [5.74, 6) is -0.920. The first-order chi connectivity index (χ1) is 14.4. The maximum absolute atomic E-state index is 13.8. The Bertz CT molecular complexity index is 1180. The van der Waals surface area contributed by atoms with Gasteiger partial charge in [-0.2, -0.15) is 4.31 Å². The van der Waals surface area contributed by atoms with Crippen LogP contribution in [0.25, 0.3) is 10.9 Å². The second-order valence-corrected chi connectivity index (χ2v) is 8.74. The molecule has 3 aromatic rings. The molecule has 1 fully saturated rings. The van der Waals surface area contributed by atoms with Crippen molar-refractivity contribution in [2.75, 3.05) is 26.3 Å². The van der Waals surface area contributed by atoms with Crippen LogP contribution in [-0.4, -0.2) is 56.0 Å². The quantitative estimate of drug-likeness (QED) is 0.616. The lowest BCUT2D eigenvalue weighted by atomic mass is 10.2. The Kier molecular flexibility index (Phi) is 5.46. The summed E-state index contributed by atoms with van der Waals surface area (Å²) < 4.78 is 53.1. The van der Waals surface area contributed by atoms with Gasteiger partial charge < -0.3 is 20.2 Å². The van der Waals surface area contributed by atoms with Gasteiger partial charge in [0.2, 0.25) is 10.0 Å². The van der Waals surface area contributed by atoms with Crippen LogP contribution in [0, 0.1) is 5.82 Å². The molecule has 0 radical (unpaired) electrons. The second kappa shape index (κ2) is 8.05. The molecule has 30 heavy (non-hydrogen) atoms. The first-order valence-electron chi connectivity index (χ1n) is 9.27. The highest BCUT2D eigenvalue weighted by molar-refractivity contribution is 7.89. The van der Waals surface area contributed by atoms with E-state index >= 15 is 0 Å². The number of primary amides is 1. The molecule has 2 aromatic carbocycles. The number of ether oxygens (including phenoxy) is 2. The molecule has 1 aromatic heterocycles. The minimum atomic E-state index is -4.15. The number of carbonyl (C=O) groups excluding carboxylic acids is 1. The van der Waals surface area contributed by atoms with Crippen molar-refractivity contribution in [3.63, 3.8) is 0 Å². The van der Waals surface area contributed by atoms with Crippen molar-refractivity contribution in [1.82, 2.24) is 9.29 Å². The maximum Gasteiger partial charge on any atom is 0.266 e. The highest BCUT2D eigenvalue weighted by Crippen LogP contribution is 2.31. The molecule has 1 atom stereocenters. The van der Waals surface area contributed by atoms with Crippen molar-refractivity contribution in [2.45, 2.75) is 11.0 Å². The second-order valence-electron chi connectivity index (χ2n) is 6.86. The number of amides is 1. The molecule has 1 amide bonds. The number of sulfonamides is 1. The average Bonchev–Trinajstić information content (AvgIpc) is 3.13. The van der Waals surface area contributed by atoms with Crippen LogP contribution in [0.3, 0.4) is 0 Å². The number of nitrogens with two attached hydrogens (primary N) is 1. The third-order valence-corrected chi connectivity index (χ3v) is 6.79. The number of aromatic nitrogens is 1. The molecule has 0 saturated carbocycles. The Labute approximate surface area is 172 Å². The van der Waals surface area contributed by atoms with E-state index in [-0.39, 0.29) is 42.3 Å². The topological polar surface area (TPSA) is 115 Å². The van der Waals surface area contributed by atoms with Gasteiger partial charge in [-0.15, -0.1) is 0 Å². The highest BCUT2D eigenvalue weighted by Gasteiger charge is 2.36. The average molecular weight is 433 g/mol. The summed E-state index contributed by atoms with van der Waals surface area (Å²) in [5.41, 5.74) is 5.42. The lowest BCUT2D eigenvalue weighted by Gasteiger charge is -2.32. The number of para-hydroxylation sites is 1. The van der Waals surface area contributed by atoms with Crippen LogP contribution in [-0.2, 0) is 14.8 Å². The van der Waals surface area contributed by atoms with E-state index in [9.17, 15) is 17.6 Å². The molecule has 0 aliphatic carbocycles. The van der Waals surface area contributed by atoms with Crippen molar-refractivity contribution >= 4 is 26.8 Å². The summed E-state index contributed by atoms with van der Waals surface area (Å²) in [5, 5.41) is 0.0763. The van der Waals surface area contributed by atoms with Gasteiger partial charge in [0.25, 0.3) is 5.91 Å². The van der Waals surface area contributed by atoms with E-state index in [4.69, 9.17) is 15.2 Å². The zero-order valence-electron chi connectivity index (χ0n) is 15.9. The molecule has 4 rings (SSSR count). The van der Waals surface area contributed by atoms with E-state index in [1.165, 1.54) is 16.4 Å². The number of nitrogens with one attached hydrogen (secondary N) is 1. The highest BCUT2D eigenvalue weighted by atomic mass is 32.2. The zero-order valence-corrected chi connectivity index (χ0v) is 16.7. The minimum absolute atomic E-state index is 0.0232. The van der Waals surface area contributed by atoms with Gasteiger partial charge in [-0.25, -0.2) is 12.8 Å². The Hall–Kier alpha value is -2.95. The molecule has 2 heterocycles. The molecular weight excluding hydrogens is 413 g/mol. The van der Waals surface area contributed by atoms with Crippen LogP contribution < -0.4 is 10.5 Å². The lowest BCUT2D eigenvalue weighted by molar-refractivity contribution is -0.0249. The van der Waals surface area contributed by atoms with Gasteiger partial charge in [0, 0.05) is 24.0 Å². The van der Waals surface area contributed by atoms with Crippen LogP contribution in [0.4, 0.5) is 4.39 Å². The van der Waals surface area contributed by atoms with Gasteiger partial charge in [-0.1, -0.05) is 18.2 Å². The summed E-state index contributed by atoms with van der Waals surface area (Å²) in [6.07, 6.45) is -0.507. The van der Waals surface area contributed by atoms with E-state index in [1.807, 2.05) is 18.2 Å². The molecule has 0 bridgehead atoms. The summed E-state index contributed by atoms with van der Waals surface area (Å²) >= 11 is 0. The normalized spacial score (nSPS) is 17.8. The third-order valence-electron chi connectivity index (χ3n) is 4.84. The maximum atomic E-state index is 13.8. The van der Waals surface area contributed by atoms with Crippen molar-refractivity contribution in [1.29, 1.82) is 0 Å². The van der Waals surface area contributed by atoms with E-state index in [0.717, 1.165) is 6.07 Å². The first-order valence-corrected chi connectivity index (χ1v) is 10.7. The fourth-order valence-electron chi connectivity index (χ4n) is 3.43. The van der Waals surface area contributed by atoms with Crippen molar-refractivity contribution in [3.8, 4) is 5.75 Å². The Balaban J connectivity index is 1.62. The van der Waals surface area contributed by atoms with E-state index in [0.29, 0.717) is 11.3 Å². The number of halogens is 1. The fourth-order valence-corrected chi connectivity index (χ4v) is 5.22. The van der Waals surface area contributed by atoms with Crippen LogP contribution in [0.15, 0.2) is 53.4 Å². The van der Waals surface area contributed by atoms with Crippen LogP contribution in [0.2, 0.25) is 0 Å². The zero-order chi connectivity index (χ0) is 21.3. The molecule has 10 heteroatoms. The number of rotatable bonds is 6. The van der Waals surface area contributed by atoms with E-state index < -0.39 is 27.9 Å².